The second-order valence-corrected chi connectivity index (χ2v) is 8.72. The first-order chi connectivity index (χ1) is 18.2. The van der Waals surface area contributed by atoms with E-state index in [1.807, 2.05) is 60.8 Å². The Balaban J connectivity index is 1.32. The standard InChI is InChI=1S/C29H19N7O/c37-29(18-5-4-12-30-14-18)34-23-9-3-6-19-21(15-31-16-22(19)23)17-10-11-24-20(13-17)27(36-35-24)28-32-25-7-1-2-8-26(25)33-28/h1-16H,(H,32,33)(H,34,37)(H,35,36). The Hall–Kier alpha value is -5.37. The van der Waals surface area contributed by atoms with E-state index in [0.29, 0.717) is 17.1 Å². The van der Waals surface area contributed by atoms with Crippen LogP contribution in [0.15, 0.2) is 97.6 Å². The number of aromatic amines is 2. The number of carbonyl (C=O) groups is 1. The maximum absolute atomic E-state index is 12.8. The number of pyridine rings is 2. The average Bonchev–Trinajstić information content (AvgIpc) is 3.57. The first kappa shape index (κ1) is 21.0. The predicted molar refractivity (Wildman–Crippen MR) is 144 cm³/mol. The van der Waals surface area contributed by atoms with Gasteiger partial charge >= 0.3 is 0 Å². The molecule has 4 heterocycles. The summed E-state index contributed by atoms with van der Waals surface area (Å²) in [6.45, 7) is 0. The zero-order chi connectivity index (χ0) is 24.8. The third kappa shape index (κ3) is 3.59. The molecular weight excluding hydrogens is 462 g/mol. The predicted octanol–water partition coefficient (Wildman–Crippen LogP) is 5.97. The van der Waals surface area contributed by atoms with Gasteiger partial charge in [0.2, 0.25) is 0 Å². The zero-order valence-corrected chi connectivity index (χ0v) is 19.4. The number of nitrogens with zero attached hydrogens (tertiary/aromatic N) is 4. The molecule has 8 nitrogen and oxygen atoms in total. The summed E-state index contributed by atoms with van der Waals surface area (Å²) in [5, 5.41) is 13.4. The molecule has 0 aliphatic carbocycles. The molecule has 0 atom stereocenters. The molecule has 0 spiro atoms. The van der Waals surface area contributed by atoms with Gasteiger partial charge in [-0.05, 0) is 53.4 Å². The number of benzene rings is 3. The summed E-state index contributed by atoms with van der Waals surface area (Å²) in [4.78, 5) is 29.4. The largest absolute Gasteiger partial charge is 0.337 e. The van der Waals surface area contributed by atoms with Crippen LogP contribution in [0, 0.1) is 0 Å². The SMILES string of the molecule is O=C(Nc1cccc2c(-c3ccc4[nH]nc(-c5nc6ccccc6[nH]5)c4c3)cncc12)c1cccnc1. The Morgan fingerprint density at radius 3 is 2.62 bits per heavy atom. The molecule has 0 aliphatic rings. The number of carbonyl (C=O) groups excluding carboxylic acids is 1. The minimum absolute atomic E-state index is 0.221. The van der Waals surface area contributed by atoms with E-state index in [2.05, 4.69) is 36.5 Å². The lowest BCUT2D eigenvalue weighted by atomic mass is 9.98. The minimum Gasteiger partial charge on any atom is -0.337 e. The van der Waals surface area contributed by atoms with Crippen molar-refractivity contribution in [3.8, 4) is 22.6 Å². The Bertz CT molecular complexity index is 1910. The number of imidazole rings is 1. The molecule has 4 aromatic heterocycles. The van der Waals surface area contributed by atoms with Gasteiger partial charge < -0.3 is 10.3 Å². The van der Waals surface area contributed by atoms with Crippen molar-refractivity contribution in [3.63, 3.8) is 0 Å². The van der Waals surface area contributed by atoms with E-state index in [4.69, 9.17) is 4.98 Å². The van der Waals surface area contributed by atoms with Gasteiger partial charge in [0.1, 0.15) is 5.69 Å². The summed E-state index contributed by atoms with van der Waals surface area (Å²) in [5.74, 6) is 0.488. The number of hydrogen-bond acceptors (Lipinski definition) is 5. The number of anilines is 1. The van der Waals surface area contributed by atoms with Crippen LogP contribution < -0.4 is 5.32 Å². The molecule has 0 radical (unpaired) electrons. The van der Waals surface area contributed by atoms with Crippen LogP contribution in [0.25, 0.3) is 55.4 Å². The fourth-order valence-corrected chi connectivity index (χ4v) is 4.65. The summed E-state index contributed by atoms with van der Waals surface area (Å²) >= 11 is 0. The molecule has 1 amide bonds. The van der Waals surface area contributed by atoms with E-state index < -0.39 is 0 Å². The maximum Gasteiger partial charge on any atom is 0.257 e. The van der Waals surface area contributed by atoms with Gasteiger partial charge in [-0.2, -0.15) is 5.10 Å². The molecule has 0 unspecified atom stereocenters. The second-order valence-electron chi connectivity index (χ2n) is 8.72. The molecule has 0 saturated carbocycles. The van der Waals surface area contributed by atoms with Crippen molar-refractivity contribution in [1.82, 2.24) is 30.1 Å². The molecule has 8 heteroatoms. The summed E-state index contributed by atoms with van der Waals surface area (Å²) in [6, 6.07) is 23.4. The van der Waals surface area contributed by atoms with Crippen LogP contribution in [0.4, 0.5) is 5.69 Å². The van der Waals surface area contributed by atoms with Crippen LogP contribution in [0.2, 0.25) is 0 Å². The van der Waals surface area contributed by atoms with E-state index in [1.165, 1.54) is 0 Å². The lowest BCUT2D eigenvalue weighted by Gasteiger charge is -2.12. The van der Waals surface area contributed by atoms with E-state index in [9.17, 15) is 4.79 Å². The van der Waals surface area contributed by atoms with Crippen LogP contribution in [-0.2, 0) is 0 Å². The van der Waals surface area contributed by atoms with Crippen LogP contribution in [0.5, 0.6) is 0 Å². The summed E-state index contributed by atoms with van der Waals surface area (Å²) in [5.41, 5.74) is 6.64. The molecular formula is C29H19N7O. The topological polar surface area (TPSA) is 112 Å². The average molecular weight is 482 g/mol. The monoisotopic (exact) mass is 481 g/mol. The molecule has 0 fully saturated rings. The molecule has 7 aromatic rings. The van der Waals surface area contributed by atoms with E-state index in [-0.39, 0.29) is 5.91 Å². The smallest absolute Gasteiger partial charge is 0.257 e. The maximum atomic E-state index is 12.8. The quantitative estimate of drug-likeness (QED) is 0.287. The number of H-pyrrole nitrogens is 2. The second kappa shape index (κ2) is 8.39. The highest BCUT2D eigenvalue weighted by Gasteiger charge is 2.15. The van der Waals surface area contributed by atoms with E-state index in [0.717, 1.165) is 49.5 Å². The van der Waals surface area contributed by atoms with Crippen molar-refractivity contribution in [2.45, 2.75) is 0 Å². The number of para-hydroxylation sites is 2. The number of amides is 1. The third-order valence-corrected chi connectivity index (χ3v) is 6.46. The molecule has 176 valence electrons. The number of hydrogen-bond donors (Lipinski definition) is 3. The normalized spacial score (nSPS) is 11.4. The summed E-state index contributed by atoms with van der Waals surface area (Å²) in [7, 11) is 0. The Labute approximate surface area is 210 Å². The minimum atomic E-state index is -0.221. The van der Waals surface area contributed by atoms with Crippen molar-refractivity contribution in [3.05, 3.63) is 103 Å². The lowest BCUT2D eigenvalue weighted by Crippen LogP contribution is -2.12. The fraction of sp³-hybridized carbons (Fsp3) is 0. The van der Waals surface area contributed by atoms with Crippen LogP contribution in [0.3, 0.4) is 0 Å². The van der Waals surface area contributed by atoms with Gasteiger partial charge in [0.15, 0.2) is 5.82 Å². The van der Waals surface area contributed by atoms with Crippen LogP contribution in [-0.4, -0.2) is 36.0 Å². The number of aromatic nitrogens is 6. The zero-order valence-electron chi connectivity index (χ0n) is 19.4. The highest BCUT2D eigenvalue weighted by atomic mass is 16.1. The van der Waals surface area contributed by atoms with Crippen molar-refractivity contribution in [2.24, 2.45) is 0 Å². The van der Waals surface area contributed by atoms with Crippen molar-refractivity contribution >= 4 is 44.3 Å². The van der Waals surface area contributed by atoms with Gasteiger partial charge in [-0.3, -0.25) is 19.9 Å². The van der Waals surface area contributed by atoms with Gasteiger partial charge in [-0.1, -0.05) is 30.3 Å². The van der Waals surface area contributed by atoms with Crippen molar-refractivity contribution in [2.75, 3.05) is 5.32 Å². The summed E-state index contributed by atoms with van der Waals surface area (Å²) < 4.78 is 0. The van der Waals surface area contributed by atoms with E-state index >= 15 is 0 Å². The molecule has 0 aliphatic heterocycles. The lowest BCUT2D eigenvalue weighted by molar-refractivity contribution is 0.102. The highest BCUT2D eigenvalue weighted by Crippen LogP contribution is 2.35. The van der Waals surface area contributed by atoms with Gasteiger partial charge in [0, 0.05) is 41.1 Å². The van der Waals surface area contributed by atoms with Gasteiger partial charge in [0.25, 0.3) is 5.91 Å². The molecule has 0 saturated heterocycles. The molecule has 0 bridgehead atoms. The Morgan fingerprint density at radius 2 is 1.73 bits per heavy atom. The first-order valence-electron chi connectivity index (χ1n) is 11.8. The number of fused-ring (bicyclic) bond motifs is 3. The molecule has 3 N–H and O–H groups in total. The molecule has 37 heavy (non-hydrogen) atoms. The number of nitrogens with one attached hydrogen (secondary N) is 3. The highest BCUT2D eigenvalue weighted by molar-refractivity contribution is 6.11. The summed E-state index contributed by atoms with van der Waals surface area (Å²) in [6.07, 6.45) is 6.80. The van der Waals surface area contributed by atoms with Gasteiger partial charge in [-0.25, -0.2) is 4.98 Å². The number of rotatable bonds is 4. The first-order valence-corrected chi connectivity index (χ1v) is 11.8. The fourth-order valence-electron chi connectivity index (χ4n) is 4.65. The van der Waals surface area contributed by atoms with Gasteiger partial charge in [-0.15, -0.1) is 0 Å². The Kier molecular flexibility index (Phi) is 4.75. The van der Waals surface area contributed by atoms with Gasteiger partial charge in [0.05, 0.1) is 27.8 Å². The van der Waals surface area contributed by atoms with Crippen molar-refractivity contribution < 1.29 is 4.79 Å². The van der Waals surface area contributed by atoms with Crippen LogP contribution >= 0.6 is 0 Å². The van der Waals surface area contributed by atoms with Crippen molar-refractivity contribution in [1.29, 1.82) is 0 Å². The molecule has 7 rings (SSSR count). The van der Waals surface area contributed by atoms with E-state index in [1.54, 1.807) is 30.7 Å². The van der Waals surface area contributed by atoms with Crippen LogP contribution in [0.1, 0.15) is 10.4 Å². The third-order valence-electron chi connectivity index (χ3n) is 6.46. The molecule has 3 aromatic carbocycles. The Morgan fingerprint density at radius 1 is 0.784 bits per heavy atom.